The summed E-state index contributed by atoms with van der Waals surface area (Å²) in [5.41, 5.74) is 0.507. The number of thioether (sulfide) groups is 1. The van der Waals surface area contributed by atoms with Gasteiger partial charge in [0.2, 0.25) is 0 Å². The van der Waals surface area contributed by atoms with E-state index in [-0.39, 0.29) is 11.9 Å². The summed E-state index contributed by atoms with van der Waals surface area (Å²) in [4.78, 5) is 13.2. The molecule has 2 nitrogen and oxygen atoms in total. The first-order valence-corrected chi connectivity index (χ1v) is 8.32. The van der Waals surface area contributed by atoms with Gasteiger partial charge < -0.3 is 5.32 Å². The van der Waals surface area contributed by atoms with Gasteiger partial charge in [-0.15, -0.1) is 23.4 Å². The van der Waals surface area contributed by atoms with Gasteiger partial charge in [-0.25, -0.2) is 0 Å². The van der Waals surface area contributed by atoms with Crippen molar-refractivity contribution >= 4 is 40.9 Å². The van der Waals surface area contributed by atoms with E-state index in [1.165, 1.54) is 0 Å². The molecule has 106 valence electrons. The molecule has 19 heavy (non-hydrogen) atoms. The first kappa shape index (κ1) is 16.7. The van der Waals surface area contributed by atoms with Crippen molar-refractivity contribution in [2.45, 2.75) is 31.2 Å². The van der Waals surface area contributed by atoms with E-state index in [9.17, 15) is 4.79 Å². The summed E-state index contributed by atoms with van der Waals surface area (Å²) < 4.78 is 0. The Morgan fingerprint density at radius 2 is 2.11 bits per heavy atom. The van der Waals surface area contributed by atoms with Gasteiger partial charge >= 0.3 is 0 Å². The maximum Gasteiger partial charge on any atom is 0.253 e. The molecule has 0 aliphatic heterocycles. The summed E-state index contributed by atoms with van der Waals surface area (Å²) in [5.74, 6) is 0.730. The number of alkyl halides is 1. The molecular weight excluding hydrogens is 301 g/mol. The van der Waals surface area contributed by atoms with Crippen LogP contribution in [0.15, 0.2) is 23.1 Å². The fraction of sp³-hybridized carbons (Fsp3) is 0.500. The van der Waals surface area contributed by atoms with E-state index in [2.05, 4.69) is 19.2 Å². The molecule has 1 atom stereocenters. The van der Waals surface area contributed by atoms with Crippen LogP contribution in [-0.2, 0) is 0 Å². The van der Waals surface area contributed by atoms with Gasteiger partial charge in [0.05, 0.1) is 10.6 Å². The highest BCUT2D eigenvalue weighted by atomic mass is 35.5. The molecular formula is C14H19Cl2NOS. The monoisotopic (exact) mass is 319 g/mol. The Kier molecular flexibility index (Phi) is 7.05. The molecule has 1 N–H and O–H groups in total. The highest BCUT2D eigenvalue weighted by molar-refractivity contribution is 7.98. The maximum absolute atomic E-state index is 12.2. The Hall–Kier alpha value is -0.380. The minimum atomic E-state index is -0.160. The summed E-state index contributed by atoms with van der Waals surface area (Å²) in [5, 5.41) is 3.41. The fourth-order valence-electron chi connectivity index (χ4n) is 1.80. The van der Waals surface area contributed by atoms with E-state index < -0.39 is 0 Å². The smallest absolute Gasteiger partial charge is 0.253 e. The van der Waals surface area contributed by atoms with Crippen molar-refractivity contribution in [3.05, 3.63) is 28.8 Å². The maximum atomic E-state index is 12.2. The van der Waals surface area contributed by atoms with Gasteiger partial charge in [0.1, 0.15) is 0 Å². The van der Waals surface area contributed by atoms with Crippen molar-refractivity contribution in [3.63, 3.8) is 0 Å². The second kappa shape index (κ2) is 8.03. The summed E-state index contributed by atoms with van der Waals surface area (Å²) in [6, 6.07) is 5.43. The van der Waals surface area contributed by atoms with E-state index >= 15 is 0 Å². The quantitative estimate of drug-likeness (QED) is 0.620. The molecule has 0 fully saturated rings. The number of carbonyl (C=O) groups is 1. The van der Waals surface area contributed by atoms with Crippen LogP contribution in [0, 0.1) is 5.92 Å². The molecule has 0 aromatic heterocycles. The number of nitrogens with one attached hydrogen (secondary N) is 1. The summed E-state index contributed by atoms with van der Waals surface area (Å²) in [6.07, 6.45) is 2.82. The first-order valence-electron chi connectivity index (χ1n) is 6.18. The lowest BCUT2D eigenvalue weighted by Crippen LogP contribution is -2.37. The van der Waals surface area contributed by atoms with Gasteiger partial charge in [0.25, 0.3) is 5.91 Å². The third kappa shape index (κ3) is 5.25. The van der Waals surface area contributed by atoms with Gasteiger partial charge in [-0.2, -0.15) is 0 Å². The predicted octanol–water partition coefficient (Wildman–Crippen LogP) is 4.45. The highest BCUT2D eigenvalue weighted by Gasteiger charge is 2.16. The van der Waals surface area contributed by atoms with Crippen molar-refractivity contribution in [2.24, 2.45) is 5.92 Å². The van der Waals surface area contributed by atoms with Gasteiger partial charge in [-0.1, -0.05) is 25.4 Å². The lowest BCUT2D eigenvalue weighted by Gasteiger charge is -2.18. The predicted molar refractivity (Wildman–Crippen MR) is 84.7 cm³/mol. The van der Waals surface area contributed by atoms with E-state index in [0.717, 1.165) is 11.3 Å². The van der Waals surface area contributed by atoms with Crippen molar-refractivity contribution < 1.29 is 4.79 Å². The lowest BCUT2D eigenvalue weighted by atomic mass is 10.0. The lowest BCUT2D eigenvalue weighted by molar-refractivity contribution is 0.0936. The molecule has 0 saturated carbocycles. The van der Waals surface area contributed by atoms with Crippen molar-refractivity contribution in [2.75, 3.05) is 12.1 Å². The van der Waals surface area contributed by atoms with E-state index in [1.807, 2.05) is 18.4 Å². The molecule has 5 heteroatoms. The first-order chi connectivity index (χ1) is 8.97. The topological polar surface area (TPSA) is 29.1 Å². The van der Waals surface area contributed by atoms with E-state index in [4.69, 9.17) is 23.2 Å². The molecule has 1 amide bonds. The second-order valence-corrected chi connectivity index (χ2v) is 6.40. The van der Waals surface area contributed by atoms with Gasteiger partial charge in [-0.3, -0.25) is 4.79 Å². The number of benzene rings is 1. The van der Waals surface area contributed by atoms with Crippen LogP contribution < -0.4 is 5.32 Å². The zero-order valence-electron chi connectivity index (χ0n) is 11.4. The number of hydrogen-bond donors (Lipinski definition) is 1. The molecule has 0 saturated heterocycles. The average Bonchev–Trinajstić information content (AvgIpc) is 2.37. The normalized spacial score (nSPS) is 12.5. The van der Waals surface area contributed by atoms with Crippen molar-refractivity contribution in [1.82, 2.24) is 5.32 Å². The molecule has 0 bridgehead atoms. The molecule has 1 aromatic carbocycles. The number of halogens is 2. The molecule has 0 aliphatic rings. The van der Waals surface area contributed by atoms with E-state index in [1.54, 1.807) is 17.8 Å². The molecule has 0 radical (unpaired) electrons. The molecule has 0 heterocycles. The molecule has 1 unspecified atom stereocenters. The third-order valence-electron chi connectivity index (χ3n) is 2.70. The Balaban J connectivity index is 2.81. The van der Waals surface area contributed by atoms with Crippen LogP contribution in [0.25, 0.3) is 0 Å². The fourth-order valence-corrected chi connectivity index (χ4v) is 2.64. The molecule has 0 spiro atoms. The number of carbonyl (C=O) groups excluding carboxylic acids is 1. The Morgan fingerprint density at radius 1 is 1.42 bits per heavy atom. The van der Waals surface area contributed by atoms with Crippen molar-refractivity contribution in [3.8, 4) is 0 Å². The highest BCUT2D eigenvalue weighted by Crippen LogP contribution is 2.23. The Bertz CT molecular complexity index is 437. The summed E-state index contributed by atoms with van der Waals surface area (Å²) >= 11 is 13.5. The van der Waals surface area contributed by atoms with Crippen LogP contribution in [0.5, 0.6) is 0 Å². The Labute approximate surface area is 129 Å². The zero-order chi connectivity index (χ0) is 14.4. The summed E-state index contributed by atoms with van der Waals surface area (Å²) in [6.45, 7) is 4.21. The molecule has 1 rings (SSSR count). The largest absolute Gasteiger partial charge is 0.348 e. The number of hydrogen-bond acceptors (Lipinski definition) is 2. The molecule has 0 aliphatic carbocycles. The van der Waals surface area contributed by atoms with Crippen LogP contribution in [0.2, 0.25) is 5.02 Å². The second-order valence-electron chi connectivity index (χ2n) is 4.80. The standard InChI is InChI=1S/C14H19Cl2NOS/c1-9(2)6-10(8-15)17-14(18)12-7-11(19-3)4-5-13(12)16/h4-5,7,9-10H,6,8H2,1-3H3,(H,17,18). The van der Waals surface area contributed by atoms with E-state index in [0.29, 0.717) is 22.4 Å². The number of amides is 1. The SMILES string of the molecule is CSc1ccc(Cl)c(C(=O)NC(CCl)CC(C)C)c1. The van der Waals surface area contributed by atoms with Crippen LogP contribution in [0.1, 0.15) is 30.6 Å². The molecule has 1 aromatic rings. The van der Waals surface area contributed by atoms with Gasteiger partial charge in [-0.05, 0) is 36.8 Å². The Morgan fingerprint density at radius 3 is 2.63 bits per heavy atom. The third-order valence-corrected chi connectivity index (χ3v) is 4.12. The summed E-state index contributed by atoms with van der Waals surface area (Å²) in [7, 11) is 0. The van der Waals surface area contributed by atoms with Crippen LogP contribution in [0.4, 0.5) is 0 Å². The number of rotatable bonds is 6. The average molecular weight is 320 g/mol. The minimum absolute atomic E-state index is 0.0248. The van der Waals surface area contributed by atoms with Crippen LogP contribution in [0.3, 0.4) is 0 Å². The van der Waals surface area contributed by atoms with Crippen LogP contribution in [-0.4, -0.2) is 24.1 Å². The van der Waals surface area contributed by atoms with Gasteiger partial charge in [0, 0.05) is 16.8 Å². The minimum Gasteiger partial charge on any atom is -0.348 e. The van der Waals surface area contributed by atoms with Crippen LogP contribution >= 0.6 is 35.0 Å². The van der Waals surface area contributed by atoms with Gasteiger partial charge in [0.15, 0.2) is 0 Å². The zero-order valence-corrected chi connectivity index (χ0v) is 13.7. The van der Waals surface area contributed by atoms with Crippen molar-refractivity contribution in [1.29, 1.82) is 0 Å².